The van der Waals surface area contributed by atoms with E-state index < -0.39 is 5.12 Å². The lowest BCUT2D eigenvalue weighted by Crippen LogP contribution is -2.28. The second kappa shape index (κ2) is 7.65. The Morgan fingerprint density at radius 3 is 2.38 bits per heavy atom. The van der Waals surface area contributed by atoms with Crippen molar-refractivity contribution in [2.24, 2.45) is 0 Å². The van der Waals surface area contributed by atoms with Crippen LogP contribution in [0, 0.1) is 0 Å². The fourth-order valence-electron chi connectivity index (χ4n) is 0.883. The number of hydrogen-bond acceptors (Lipinski definition) is 3. The van der Waals surface area contributed by atoms with Gasteiger partial charge in [-0.25, -0.2) is 0 Å². The molecule has 0 aromatic rings. The summed E-state index contributed by atoms with van der Waals surface area (Å²) in [6.45, 7) is 6.79. The first-order valence-corrected chi connectivity index (χ1v) is 6.17. The van der Waals surface area contributed by atoms with Crippen LogP contribution in [0.25, 0.3) is 0 Å². The quantitative estimate of drug-likeness (QED) is 0.489. The van der Waals surface area contributed by atoms with Gasteiger partial charge in [0.25, 0.3) is 0 Å². The molecule has 2 nitrogen and oxygen atoms in total. The molecule has 0 amide bonds. The molecule has 0 rings (SSSR count). The van der Waals surface area contributed by atoms with Crippen molar-refractivity contribution in [2.75, 3.05) is 12.4 Å². The largest absolute Gasteiger partial charge is 0.357 e. The van der Waals surface area contributed by atoms with E-state index in [2.05, 4.69) is 6.92 Å². The molecule has 0 spiro atoms. The molecule has 0 aromatic heterocycles. The number of aliphatic hydroxyl groups is 1. The molecule has 1 N–H and O–H groups in total. The van der Waals surface area contributed by atoms with E-state index in [1.807, 2.05) is 13.8 Å². The van der Waals surface area contributed by atoms with E-state index in [4.69, 9.17) is 4.74 Å². The van der Waals surface area contributed by atoms with Crippen LogP contribution in [0.15, 0.2) is 0 Å². The van der Waals surface area contributed by atoms with Crippen molar-refractivity contribution in [3.8, 4) is 0 Å². The van der Waals surface area contributed by atoms with Crippen LogP contribution in [-0.2, 0) is 4.74 Å². The topological polar surface area (TPSA) is 29.5 Å². The SMILES string of the molecule is CCCCSC(O)(CC)OCCC. The highest BCUT2D eigenvalue weighted by Gasteiger charge is 2.24. The fraction of sp³-hybridized carbons (Fsp3) is 1.00. The Morgan fingerprint density at radius 1 is 1.23 bits per heavy atom. The molecule has 0 aliphatic heterocycles. The Labute approximate surface area is 86.1 Å². The summed E-state index contributed by atoms with van der Waals surface area (Å²) in [5, 5.41) is 8.98. The maximum absolute atomic E-state index is 9.92. The highest BCUT2D eigenvalue weighted by atomic mass is 32.2. The summed E-state index contributed by atoms with van der Waals surface area (Å²) in [6.07, 6.45) is 3.92. The number of unbranched alkanes of at least 4 members (excludes halogenated alkanes) is 1. The van der Waals surface area contributed by atoms with Gasteiger partial charge in [0, 0.05) is 6.42 Å². The van der Waals surface area contributed by atoms with E-state index in [0.717, 1.165) is 18.6 Å². The molecule has 0 heterocycles. The molecule has 80 valence electrons. The lowest BCUT2D eigenvalue weighted by molar-refractivity contribution is -0.131. The minimum Gasteiger partial charge on any atom is -0.357 e. The van der Waals surface area contributed by atoms with Gasteiger partial charge in [0.2, 0.25) is 5.12 Å². The zero-order valence-corrected chi connectivity index (χ0v) is 9.82. The van der Waals surface area contributed by atoms with Crippen LogP contribution in [-0.4, -0.2) is 22.6 Å². The first-order chi connectivity index (χ1) is 6.18. The van der Waals surface area contributed by atoms with Crippen LogP contribution in [0.4, 0.5) is 0 Å². The first kappa shape index (κ1) is 13.3. The third kappa shape index (κ3) is 6.36. The average molecular weight is 206 g/mol. The second-order valence-electron chi connectivity index (χ2n) is 3.12. The van der Waals surface area contributed by atoms with Crippen molar-refractivity contribution < 1.29 is 9.84 Å². The third-order valence-electron chi connectivity index (χ3n) is 1.80. The molecule has 1 atom stereocenters. The van der Waals surface area contributed by atoms with E-state index in [9.17, 15) is 5.11 Å². The zero-order valence-electron chi connectivity index (χ0n) is 9.01. The zero-order chi connectivity index (χ0) is 10.2. The molecule has 0 fully saturated rings. The monoisotopic (exact) mass is 206 g/mol. The maximum atomic E-state index is 9.92. The summed E-state index contributed by atoms with van der Waals surface area (Å²) >= 11 is 1.52. The normalized spacial score (nSPS) is 15.7. The standard InChI is InChI=1S/C10H22O2S/c1-4-7-9-13-10(11,6-3)12-8-5-2/h11H,4-9H2,1-3H3. The third-order valence-corrected chi connectivity index (χ3v) is 3.15. The first-order valence-electron chi connectivity index (χ1n) is 5.18. The highest BCUT2D eigenvalue weighted by Crippen LogP contribution is 2.28. The molecule has 1 unspecified atom stereocenters. The van der Waals surface area contributed by atoms with Gasteiger partial charge in [-0.3, -0.25) is 0 Å². The van der Waals surface area contributed by atoms with Crippen molar-refractivity contribution in [2.45, 2.75) is 51.6 Å². The molecule has 0 saturated carbocycles. The van der Waals surface area contributed by atoms with Crippen molar-refractivity contribution >= 4 is 11.8 Å². The van der Waals surface area contributed by atoms with Crippen LogP contribution >= 0.6 is 11.8 Å². The summed E-state index contributed by atoms with van der Waals surface area (Å²) in [6, 6.07) is 0. The van der Waals surface area contributed by atoms with Gasteiger partial charge in [-0.1, -0.05) is 39.0 Å². The van der Waals surface area contributed by atoms with Crippen molar-refractivity contribution in [3.63, 3.8) is 0 Å². The lowest BCUT2D eigenvalue weighted by atomic mass is 10.4. The molecule has 0 aliphatic rings. The predicted molar refractivity (Wildman–Crippen MR) is 58.8 cm³/mol. The van der Waals surface area contributed by atoms with Crippen molar-refractivity contribution in [1.82, 2.24) is 0 Å². The molecule has 0 aromatic carbocycles. The lowest BCUT2D eigenvalue weighted by Gasteiger charge is -2.25. The van der Waals surface area contributed by atoms with E-state index in [1.165, 1.54) is 18.2 Å². The van der Waals surface area contributed by atoms with Gasteiger partial charge in [-0.2, -0.15) is 0 Å². The number of thioether (sulfide) groups is 1. The van der Waals surface area contributed by atoms with Crippen LogP contribution in [0.3, 0.4) is 0 Å². The van der Waals surface area contributed by atoms with Gasteiger partial charge in [0.05, 0.1) is 6.61 Å². The minimum absolute atomic E-state index is 0.642. The van der Waals surface area contributed by atoms with E-state index in [0.29, 0.717) is 13.0 Å². The summed E-state index contributed by atoms with van der Waals surface area (Å²) in [5.41, 5.74) is 0. The molecule has 0 radical (unpaired) electrons. The Bertz CT molecular complexity index is 119. The van der Waals surface area contributed by atoms with E-state index in [-0.39, 0.29) is 0 Å². The molecular formula is C10H22O2S. The summed E-state index contributed by atoms with van der Waals surface area (Å²) in [7, 11) is 0. The Hall–Kier alpha value is 0.270. The molecule has 3 heteroatoms. The second-order valence-corrected chi connectivity index (χ2v) is 4.45. The predicted octanol–water partition coefficient (Wildman–Crippen LogP) is 3.00. The molecule has 0 bridgehead atoms. The number of ether oxygens (including phenoxy) is 1. The fourth-order valence-corrected chi connectivity index (χ4v) is 2.01. The van der Waals surface area contributed by atoms with Gasteiger partial charge in [0.1, 0.15) is 0 Å². The van der Waals surface area contributed by atoms with Crippen LogP contribution < -0.4 is 0 Å². The summed E-state index contributed by atoms with van der Waals surface area (Å²) < 4.78 is 5.39. The van der Waals surface area contributed by atoms with Crippen molar-refractivity contribution in [3.05, 3.63) is 0 Å². The Kier molecular flexibility index (Phi) is 7.81. The average Bonchev–Trinajstić information content (AvgIpc) is 2.15. The molecular weight excluding hydrogens is 184 g/mol. The van der Waals surface area contributed by atoms with Crippen LogP contribution in [0.1, 0.15) is 46.5 Å². The Morgan fingerprint density at radius 2 is 1.92 bits per heavy atom. The summed E-state index contributed by atoms with van der Waals surface area (Å²) in [5.74, 6) is 0.977. The minimum atomic E-state index is -0.939. The maximum Gasteiger partial charge on any atom is 0.215 e. The van der Waals surface area contributed by atoms with Crippen LogP contribution in [0.5, 0.6) is 0 Å². The molecule has 13 heavy (non-hydrogen) atoms. The van der Waals surface area contributed by atoms with Gasteiger partial charge in [-0.05, 0) is 18.6 Å². The number of hydrogen-bond donors (Lipinski definition) is 1. The van der Waals surface area contributed by atoms with Gasteiger partial charge in [-0.15, -0.1) is 0 Å². The summed E-state index contributed by atoms with van der Waals surface area (Å²) in [4.78, 5) is 0. The van der Waals surface area contributed by atoms with Gasteiger partial charge < -0.3 is 9.84 Å². The molecule has 0 aliphatic carbocycles. The molecule has 0 saturated heterocycles. The van der Waals surface area contributed by atoms with Gasteiger partial charge in [0.15, 0.2) is 0 Å². The van der Waals surface area contributed by atoms with E-state index in [1.54, 1.807) is 0 Å². The number of rotatable bonds is 8. The van der Waals surface area contributed by atoms with Gasteiger partial charge >= 0.3 is 0 Å². The van der Waals surface area contributed by atoms with Crippen LogP contribution in [0.2, 0.25) is 0 Å². The Balaban J connectivity index is 3.67. The van der Waals surface area contributed by atoms with E-state index >= 15 is 0 Å². The van der Waals surface area contributed by atoms with Crippen molar-refractivity contribution in [1.29, 1.82) is 0 Å². The highest BCUT2D eigenvalue weighted by molar-refractivity contribution is 8.00. The smallest absolute Gasteiger partial charge is 0.215 e.